The fourth-order valence-electron chi connectivity index (χ4n) is 4.27. The van der Waals surface area contributed by atoms with Gasteiger partial charge in [-0.2, -0.15) is 0 Å². The molecule has 0 unspecified atom stereocenters. The normalized spacial score (nSPS) is 19.8. The van der Waals surface area contributed by atoms with Crippen LogP contribution in [0.4, 0.5) is 8.78 Å². The van der Waals surface area contributed by atoms with Crippen molar-refractivity contribution in [2.45, 2.75) is 57.8 Å². The highest BCUT2D eigenvalue weighted by atomic mass is 19.1. The molecule has 2 nitrogen and oxygen atoms in total. The predicted octanol–water partition coefficient (Wildman–Crippen LogP) is 6.79. The average molecular weight is 372 g/mol. The second kappa shape index (κ2) is 8.64. The molecule has 1 aliphatic carbocycles. The van der Waals surface area contributed by atoms with Gasteiger partial charge in [0.05, 0.1) is 5.56 Å². The molecule has 1 fully saturated rings. The minimum absolute atomic E-state index is 0.00206. The third-order valence-corrected chi connectivity index (χ3v) is 5.79. The van der Waals surface area contributed by atoms with Gasteiger partial charge in [-0.1, -0.05) is 44.4 Å². The van der Waals surface area contributed by atoms with Crippen LogP contribution in [-0.2, 0) is 0 Å². The van der Waals surface area contributed by atoms with Crippen LogP contribution >= 0.6 is 0 Å². The summed E-state index contributed by atoms with van der Waals surface area (Å²) in [6.07, 6.45) is 7.44. The van der Waals surface area contributed by atoms with Crippen molar-refractivity contribution >= 4 is 5.97 Å². The quantitative estimate of drug-likeness (QED) is 0.606. The summed E-state index contributed by atoms with van der Waals surface area (Å²) in [7, 11) is 0. The number of halogens is 2. The molecule has 3 rings (SSSR count). The lowest BCUT2D eigenvalue weighted by Crippen LogP contribution is -2.16. The molecule has 0 amide bonds. The van der Waals surface area contributed by atoms with Gasteiger partial charge in [0.25, 0.3) is 0 Å². The molecule has 0 atom stereocenters. The van der Waals surface area contributed by atoms with Gasteiger partial charge >= 0.3 is 5.97 Å². The van der Waals surface area contributed by atoms with E-state index in [1.807, 2.05) is 0 Å². The first kappa shape index (κ1) is 19.5. The number of carboxylic acid groups (broad SMARTS) is 1. The Morgan fingerprint density at radius 3 is 2.30 bits per heavy atom. The summed E-state index contributed by atoms with van der Waals surface area (Å²) >= 11 is 0. The molecule has 0 bridgehead atoms. The molecule has 0 aliphatic heterocycles. The van der Waals surface area contributed by atoms with E-state index in [1.54, 1.807) is 18.2 Å². The van der Waals surface area contributed by atoms with E-state index in [2.05, 4.69) is 6.92 Å². The lowest BCUT2D eigenvalue weighted by Gasteiger charge is -2.30. The highest BCUT2D eigenvalue weighted by Crippen LogP contribution is 2.43. The van der Waals surface area contributed by atoms with Gasteiger partial charge < -0.3 is 5.11 Å². The van der Waals surface area contributed by atoms with Crippen molar-refractivity contribution in [1.82, 2.24) is 0 Å². The summed E-state index contributed by atoms with van der Waals surface area (Å²) < 4.78 is 28.5. The number of carboxylic acids is 1. The summed E-state index contributed by atoms with van der Waals surface area (Å²) in [6.45, 7) is 2.19. The molecule has 2 aromatic carbocycles. The third-order valence-electron chi connectivity index (χ3n) is 5.79. The molecule has 0 aromatic heterocycles. The van der Waals surface area contributed by atoms with Crippen LogP contribution in [-0.4, -0.2) is 11.1 Å². The Balaban J connectivity index is 1.95. The maximum Gasteiger partial charge on any atom is 0.338 e. The van der Waals surface area contributed by atoms with Crippen LogP contribution in [0.1, 0.15) is 73.7 Å². The topological polar surface area (TPSA) is 37.3 Å². The van der Waals surface area contributed by atoms with E-state index in [-0.39, 0.29) is 17.3 Å². The van der Waals surface area contributed by atoms with Crippen LogP contribution in [0.5, 0.6) is 0 Å². The van der Waals surface area contributed by atoms with E-state index in [1.165, 1.54) is 37.5 Å². The summed E-state index contributed by atoms with van der Waals surface area (Å²) in [4.78, 5) is 11.4. The third kappa shape index (κ3) is 4.37. The SMILES string of the molecule is CCCCC1CCC(c2c(-c3ccc(F)cc3)ccc(C(=O)O)c2F)CC1. The molecule has 27 heavy (non-hydrogen) atoms. The molecular weight excluding hydrogens is 346 g/mol. The zero-order valence-electron chi connectivity index (χ0n) is 15.7. The second-order valence-corrected chi connectivity index (χ2v) is 7.56. The van der Waals surface area contributed by atoms with E-state index in [0.29, 0.717) is 17.0 Å². The number of carbonyl (C=O) groups is 1. The van der Waals surface area contributed by atoms with E-state index in [0.717, 1.165) is 31.2 Å². The van der Waals surface area contributed by atoms with Crippen molar-refractivity contribution < 1.29 is 18.7 Å². The first-order valence-corrected chi connectivity index (χ1v) is 9.82. The minimum Gasteiger partial charge on any atom is -0.478 e. The molecule has 144 valence electrons. The van der Waals surface area contributed by atoms with Crippen molar-refractivity contribution in [2.24, 2.45) is 5.92 Å². The zero-order chi connectivity index (χ0) is 19.4. The Labute approximate surface area is 159 Å². The summed E-state index contributed by atoms with van der Waals surface area (Å²) in [5.41, 5.74) is 1.59. The highest BCUT2D eigenvalue weighted by Gasteiger charge is 2.29. The van der Waals surface area contributed by atoms with E-state index in [9.17, 15) is 14.3 Å². The lowest BCUT2D eigenvalue weighted by atomic mass is 9.75. The van der Waals surface area contributed by atoms with Crippen LogP contribution < -0.4 is 0 Å². The number of rotatable bonds is 6. The van der Waals surface area contributed by atoms with E-state index >= 15 is 4.39 Å². The van der Waals surface area contributed by atoms with Crippen molar-refractivity contribution in [1.29, 1.82) is 0 Å². The summed E-state index contributed by atoms with van der Waals surface area (Å²) in [5.74, 6) is -1.56. The van der Waals surface area contributed by atoms with Gasteiger partial charge in [0.15, 0.2) is 0 Å². The van der Waals surface area contributed by atoms with Gasteiger partial charge in [-0.25, -0.2) is 13.6 Å². The van der Waals surface area contributed by atoms with E-state index in [4.69, 9.17) is 0 Å². The molecule has 4 heteroatoms. The molecule has 1 saturated carbocycles. The molecule has 1 aliphatic rings. The molecule has 0 saturated heterocycles. The standard InChI is InChI=1S/C23H26F2O2/c1-2-3-4-15-5-7-17(8-6-15)21-19(16-9-11-18(24)12-10-16)13-14-20(22(21)25)23(26)27/h9-15,17H,2-8H2,1H3,(H,26,27). The van der Waals surface area contributed by atoms with Gasteiger partial charge in [-0.15, -0.1) is 0 Å². The fraction of sp³-hybridized carbons (Fsp3) is 0.435. The lowest BCUT2D eigenvalue weighted by molar-refractivity contribution is 0.0691. The number of benzene rings is 2. The highest BCUT2D eigenvalue weighted by molar-refractivity contribution is 5.89. The van der Waals surface area contributed by atoms with Gasteiger partial charge in [0.2, 0.25) is 0 Å². The van der Waals surface area contributed by atoms with Gasteiger partial charge in [-0.05, 0) is 72.4 Å². The molecule has 0 spiro atoms. The molecule has 0 radical (unpaired) electrons. The van der Waals surface area contributed by atoms with Crippen molar-refractivity contribution in [3.63, 3.8) is 0 Å². The predicted molar refractivity (Wildman–Crippen MR) is 103 cm³/mol. The molecule has 0 heterocycles. The summed E-state index contributed by atoms with van der Waals surface area (Å²) in [5, 5.41) is 9.34. The van der Waals surface area contributed by atoms with Crippen LogP contribution in [0.15, 0.2) is 36.4 Å². The Kier molecular flexibility index (Phi) is 6.25. The maximum absolute atomic E-state index is 15.2. The summed E-state index contributed by atoms with van der Waals surface area (Å²) in [6, 6.07) is 8.93. The van der Waals surface area contributed by atoms with E-state index < -0.39 is 11.8 Å². The monoisotopic (exact) mass is 372 g/mol. The second-order valence-electron chi connectivity index (χ2n) is 7.56. The van der Waals surface area contributed by atoms with Crippen LogP contribution in [0.25, 0.3) is 11.1 Å². The van der Waals surface area contributed by atoms with Crippen LogP contribution in [0.2, 0.25) is 0 Å². The van der Waals surface area contributed by atoms with Gasteiger partial charge in [-0.3, -0.25) is 0 Å². The van der Waals surface area contributed by atoms with Crippen LogP contribution in [0, 0.1) is 17.6 Å². The first-order chi connectivity index (χ1) is 13.0. The minimum atomic E-state index is -1.25. The zero-order valence-corrected chi connectivity index (χ0v) is 15.7. The van der Waals surface area contributed by atoms with Crippen molar-refractivity contribution in [3.05, 3.63) is 59.2 Å². The largest absolute Gasteiger partial charge is 0.478 e. The van der Waals surface area contributed by atoms with Crippen molar-refractivity contribution in [2.75, 3.05) is 0 Å². The van der Waals surface area contributed by atoms with Crippen molar-refractivity contribution in [3.8, 4) is 11.1 Å². The fourth-order valence-corrected chi connectivity index (χ4v) is 4.27. The first-order valence-electron chi connectivity index (χ1n) is 9.82. The number of hydrogen-bond acceptors (Lipinski definition) is 1. The Bertz CT molecular complexity index is 791. The number of unbranched alkanes of at least 4 members (excludes halogenated alkanes) is 1. The Hall–Kier alpha value is -2.23. The van der Waals surface area contributed by atoms with Gasteiger partial charge in [0.1, 0.15) is 11.6 Å². The Morgan fingerprint density at radius 1 is 1.04 bits per heavy atom. The Morgan fingerprint density at radius 2 is 1.70 bits per heavy atom. The average Bonchev–Trinajstić information content (AvgIpc) is 2.67. The number of aromatic carboxylic acids is 1. The molecule has 1 N–H and O–H groups in total. The van der Waals surface area contributed by atoms with Gasteiger partial charge in [0, 0.05) is 0 Å². The maximum atomic E-state index is 15.2. The van der Waals surface area contributed by atoms with Crippen LogP contribution in [0.3, 0.4) is 0 Å². The molecule has 2 aromatic rings. The number of hydrogen-bond donors (Lipinski definition) is 1. The molecular formula is C23H26F2O2. The smallest absolute Gasteiger partial charge is 0.338 e.